The number of aromatic nitrogens is 1. The molecule has 0 amide bonds. The number of benzene rings is 5. The second-order valence-electron chi connectivity index (χ2n) is 7.18. The summed E-state index contributed by atoms with van der Waals surface area (Å²) in [6, 6.07) is 34.3. The summed E-state index contributed by atoms with van der Waals surface area (Å²) in [5.74, 6) is 0. The first kappa shape index (κ1) is 15.7. The molecule has 0 aliphatic heterocycles. The van der Waals surface area contributed by atoms with Gasteiger partial charge in [-0.15, -0.1) is 0 Å². The van der Waals surface area contributed by atoms with Crippen molar-refractivity contribution in [3.05, 3.63) is 102 Å². The van der Waals surface area contributed by atoms with Crippen molar-refractivity contribution >= 4 is 55.0 Å². The van der Waals surface area contributed by atoms with Gasteiger partial charge in [-0.3, -0.25) is 0 Å². The zero-order valence-corrected chi connectivity index (χ0v) is 15.8. The number of nitrogens with zero attached hydrogens (tertiary/aromatic N) is 1. The maximum atomic E-state index is 6.38. The van der Waals surface area contributed by atoms with Crippen molar-refractivity contribution in [2.24, 2.45) is 0 Å². The number of hydrogen-bond acceptors (Lipinski definition) is 0. The zero-order chi connectivity index (χ0) is 18.7. The van der Waals surface area contributed by atoms with Crippen molar-refractivity contribution in [3.63, 3.8) is 0 Å². The Morgan fingerprint density at radius 1 is 0.536 bits per heavy atom. The summed E-state index contributed by atoms with van der Waals surface area (Å²) in [6.45, 7) is 0. The van der Waals surface area contributed by atoms with Gasteiger partial charge in [-0.1, -0.05) is 78.3 Å². The van der Waals surface area contributed by atoms with E-state index in [1.807, 2.05) is 12.1 Å². The maximum Gasteiger partial charge on any atom is 0.0547 e. The fourth-order valence-corrected chi connectivity index (χ4v) is 4.63. The summed E-state index contributed by atoms with van der Waals surface area (Å²) < 4.78 is 2.36. The third-order valence-electron chi connectivity index (χ3n) is 5.63. The Hall–Kier alpha value is -3.29. The molecule has 1 heterocycles. The van der Waals surface area contributed by atoms with Crippen molar-refractivity contribution < 1.29 is 0 Å². The van der Waals surface area contributed by atoms with E-state index in [0.29, 0.717) is 0 Å². The molecule has 1 aromatic heterocycles. The molecule has 0 unspecified atom stereocenters. The average molecular weight is 378 g/mol. The van der Waals surface area contributed by atoms with E-state index >= 15 is 0 Å². The lowest BCUT2D eigenvalue weighted by molar-refractivity contribution is 1.19. The fourth-order valence-electron chi connectivity index (χ4n) is 4.39. The highest BCUT2D eigenvalue weighted by Gasteiger charge is 2.14. The molecule has 0 fully saturated rings. The van der Waals surface area contributed by atoms with Crippen LogP contribution in [-0.2, 0) is 0 Å². The lowest BCUT2D eigenvalue weighted by atomic mass is 10.0. The van der Waals surface area contributed by atoms with Crippen molar-refractivity contribution in [2.45, 2.75) is 0 Å². The third-order valence-corrected chi connectivity index (χ3v) is 5.96. The Labute approximate surface area is 167 Å². The number of para-hydroxylation sites is 1. The van der Waals surface area contributed by atoms with Crippen LogP contribution in [0.3, 0.4) is 0 Å². The number of halogens is 1. The minimum Gasteiger partial charge on any atom is -0.309 e. The van der Waals surface area contributed by atoms with Crippen LogP contribution < -0.4 is 0 Å². The second-order valence-corrected chi connectivity index (χ2v) is 7.59. The van der Waals surface area contributed by atoms with Crippen LogP contribution in [-0.4, -0.2) is 4.57 Å². The van der Waals surface area contributed by atoms with Gasteiger partial charge in [-0.2, -0.15) is 0 Å². The van der Waals surface area contributed by atoms with E-state index in [2.05, 4.69) is 89.5 Å². The highest BCUT2D eigenvalue weighted by molar-refractivity contribution is 6.35. The summed E-state index contributed by atoms with van der Waals surface area (Å²) in [4.78, 5) is 0. The topological polar surface area (TPSA) is 4.93 Å². The highest BCUT2D eigenvalue weighted by Crippen LogP contribution is 2.37. The van der Waals surface area contributed by atoms with Crippen LogP contribution in [0, 0.1) is 0 Å². The summed E-state index contributed by atoms with van der Waals surface area (Å²) in [5.41, 5.74) is 3.59. The van der Waals surface area contributed by atoms with Gasteiger partial charge in [0.2, 0.25) is 0 Å². The Kier molecular flexibility index (Phi) is 3.29. The number of rotatable bonds is 1. The molecule has 0 aliphatic rings. The molecule has 0 radical (unpaired) electrons. The Morgan fingerprint density at radius 3 is 2.25 bits per heavy atom. The highest BCUT2D eigenvalue weighted by atomic mass is 35.5. The van der Waals surface area contributed by atoms with E-state index in [1.165, 1.54) is 32.6 Å². The van der Waals surface area contributed by atoms with Crippen LogP contribution in [0.25, 0.3) is 49.0 Å². The van der Waals surface area contributed by atoms with Gasteiger partial charge >= 0.3 is 0 Å². The second kappa shape index (κ2) is 5.85. The van der Waals surface area contributed by atoms with E-state index in [-0.39, 0.29) is 0 Å². The molecule has 0 spiro atoms. The van der Waals surface area contributed by atoms with Gasteiger partial charge in [0.05, 0.1) is 11.0 Å². The van der Waals surface area contributed by atoms with Crippen LogP contribution in [0.4, 0.5) is 0 Å². The molecule has 5 aromatic carbocycles. The van der Waals surface area contributed by atoms with Crippen molar-refractivity contribution in [1.29, 1.82) is 0 Å². The van der Waals surface area contributed by atoms with E-state index in [9.17, 15) is 0 Å². The molecule has 0 aliphatic carbocycles. The van der Waals surface area contributed by atoms with Gasteiger partial charge in [0, 0.05) is 26.9 Å². The molecular formula is C26H16ClN. The van der Waals surface area contributed by atoms with Crippen LogP contribution >= 0.6 is 11.6 Å². The van der Waals surface area contributed by atoms with Crippen LogP contribution in [0.2, 0.25) is 5.02 Å². The molecule has 0 N–H and O–H groups in total. The van der Waals surface area contributed by atoms with Gasteiger partial charge in [-0.05, 0) is 46.5 Å². The summed E-state index contributed by atoms with van der Waals surface area (Å²) >= 11 is 6.38. The molecular weight excluding hydrogens is 362 g/mol. The Morgan fingerprint density at radius 2 is 1.32 bits per heavy atom. The average Bonchev–Trinajstić information content (AvgIpc) is 3.08. The third kappa shape index (κ3) is 2.14. The van der Waals surface area contributed by atoms with Gasteiger partial charge in [0.15, 0.2) is 0 Å². The molecule has 0 saturated carbocycles. The smallest absolute Gasteiger partial charge is 0.0547 e. The Balaban J connectivity index is 1.79. The van der Waals surface area contributed by atoms with Gasteiger partial charge in [0.1, 0.15) is 0 Å². The maximum absolute atomic E-state index is 6.38. The lowest BCUT2D eigenvalue weighted by Gasteiger charge is -2.10. The van der Waals surface area contributed by atoms with Crippen LogP contribution in [0.15, 0.2) is 97.1 Å². The molecule has 132 valence electrons. The predicted molar refractivity (Wildman–Crippen MR) is 121 cm³/mol. The quantitative estimate of drug-likeness (QED) is 0.276. The van der Waals surface area contributed by atoms with E-state index in [1.54, 1.807) is 0 Å². The largest absolute Gasteiger partial charge is 0.309 e. The molecule has 1 nitrogen and oxygen atoms in total. The minimum absolute atomic E-state index is 0.789. The van der Waals surface area contributed by atoms with Crippen LogP contribution in [0.1, 0.15) is 0 Å². The summed E-state index contributed by atoms with van der Waals surface area (Å²) in [6.07, 6.45) is 0. The zero-order valence-electron chi connectivity index (χ0n) is 15.1. The molecule has 6 aromatic rings. The van der Waals surface area contributed by atoms with E-state index in [0.717, 1.165) is 21.5 Å². The van der Waals surface area contributed by atoms with Crippen molar-refractivity contribution in [3.8, 4) is 5.69 Å². The van der Waals surface area contributed by atoms with Crippen LogP contribution in [0.5, 0.6) is 0 Å². The standard InChI is InChI=1S/C26H16ClN/c27-23-10-5-7-18-16-19(13-14-20(18)23)28-24-11-4-3-9-22(24)26-21-8-2-1-6-17(21)12-15-25(26)28/h1-16H. The molecule has 0 bridgehead atoms. The monoisotopic (exact) mass is 377 g/mol. The molecule has 0 atom stereocenters. The van der Waals surface area contributed by atoms with Crippen molar-refractivity contribution in [2.75, 3.05) is 0 Å². The first-order chi connectivity index (χ1) is 13.8. The molecule has 2 heteroatoms. The van der Waals surface area contributed by atoms with Gasteiger partial charge in [0.25, 0.3) is 0 Å². The first-order valence-electron chi connectivity index (χ1n) is 9.41. The Bertz CT molecular complexity index is 1520. The molecule has 28 heavy (non-hydrogen) atoms. The number of hydrogen-bond donors (Lipinski definition) is 0. The van der Waals surface area contributed by atoms with E-state index < -0.39 is 0 Å². The summed E-state index contributed by atoms with van der Waals surface area (Å²) in [7, 11) is 0. The fraction of sp³-hybridized carbons (Fsp3) is 0. The SMILES string of the molecule is Clc1cccc2cc(-n3c4ccccc4c4c5ccccc5ccc43)ccc12. The first-order valence-corrected chi connectivity index (χ1v) is 9.79. The molecule has 0 saturated heterocycles. The van der Waals surface area contributed by atoms with E-state index in [4.69, 9.17) is 11.6 Å². The van der Waals surface area contributed by atoms with Crippen molar-refractivity contribution in [1.82, 2.24) is 4.57 Å². The molecule has 6 rings (SSSR count). The normalized spacial score (nSPS) is 11.8. The number of fused-ring (bicyclic) bond motifs is 6. The minimum atomic E-state index is 0.789. The summed E-state index contributed by atoms with van der Waals surface area (Å²) in [5, 5.41) is 8.16. The van der Waals surface area contributed by atoms with Gasteiger partial charge in [-0.25, -0.2) is 0 Å². The lowest BCUT2D eigenvalue weighted by Crippen LogP contribution is -1.93. The predicted octanol–water partition coefficient (Wildman–Crippen LogP) is 7.74. The van der Waals surface area contributed by atoms with Gasteiger partial charge < -0.3 is 4.57 Å².